The normalized spacial score (nSPS) is 18.7. The molecule has 6 heteroatoms. The molecule has 2 heterocycles. The lowest BCUT2D eigenvalue weighted by Crippen LogP contribution is -2.38. The van der Waals surface area contributed by atoms with Crippen molar-refractivity contribution in [1.82, 2.24) is 20.2 Å². The predicted octanol–water partition coefficient (Wildman–Crippen LogP) is 1.30. The van der Waals surface area contributed by atoms with Gasteiger partial charge in [-0.1, -0.05) is 0 Å². The van der Waals surface area contributed by atoms with Crippen LogP contribution in [-0.4, -0.2) is 45.3 Å². The Kier molecular flexibility index (Phi) is 3.37. The maximum absolute atomic E-state index is 12.3. The molecule has 6 nitrogen and oxygen atoms in total. The van der Waals surface area contributed by atoms with Gasteiger partial charge in [0.05, 0.1) is 23.4 Å². The van der Waals surface area contributed by atoms with Crippen molar-refractivity contribution in [3.63, 3.8) is 0 Å². The van der Waals surface area contributed by atoms with Crippen molar-refractivity contribution in [2.24, 2.45) is 0 Å². The number of H-pyrrole nitrogens is 1. The summed E-state index contributed by atoms with van der Waals surface area (Å²) in [6, 6.07) is 5.37. The summed E-state index contributed by atoms with van der Waals surface area (Å²) < 4.78 is 0. The van der Waals surface area contributed by atoms with Gasteiger partial charge in [0.15, 0.2) is 0 Å². The number of aromatic amines is 1. The zero-order chi connectivity index (χ0) is 15.0. The molecule has 1 saturated heterocycles. The molecule has 110 valence electrons. The molecule has 21 heavy (non-hydrogen) atoms. The Balaban J connectivity index is 1.70. The first kappa shape index (κ1) is 13.6. The van der Waals surface area contributed by atoms with Crippen molar-refractivity contribution in [3.8, 4) is 0 Å². The van der Waals surface area contributed by atoms with Gasteiger partial charge < -0.3 is 15.2 Å². The Morgan fingerprint density at radius 2 is 2.29 bits per heavy atom. The fraction of sp³-hybridized carbons (Fsp3) is 0.400. The number of benzene rings is 1. The highest BCUT2D eigenvalue weighted by Crippen LogP contribution is 2.16. The largest absolute Gasteiger partial charge is 0.347 e. The van der Waals surface area contributed by atoms with Gasteiger partial charge in [-0.25, -0.2) is 4.98 Å². The quantitative estimate of drug-likeness (QED) is 0.892. The van der Waals surface area contributed by atoms with E-state index in [1.54, 1.807) is 29.4 Å². The van der Waals surface area contributed by atoms with E-state index in [9.17, 15) is 9.59 Å². The molecule has 1 aromatic carbocycles. The number of fused-ring (bicyclic) bond motifs is 1. The van der Waals surface area contributed by atoms with Crippen LogP contribution in [0.4, 0.5) is 0 Å². The minimum atomic E-state index is -0.157. The number of carbonyl (C=O) groups is 2. The zero-order valence-electron chi connectivity index (χ0n) is 12.1. The zero-order valence-corrected chi connectivity index (χ0v) is 12.1. The minimum Gasteiger partial charge on any atom is -0.347 e. The molecule has 1 aliphatic heterocycles. The Morgan fingerprint density at radius 1 is 1.48 bits per heavy atom. The first-order chi connectivity index (χ1) is 10.0. The maximum Gasteiger partial charge on any atom is 0.251 e. The van der Waals surface area contributed by atoms with Crippen LogP contribution in [0.15, 0.2) is 24.5 Å². The smallest absolute Gasteiger partial charge is 0.251 e. The van der Waals surface area contributed by atoms with Gasteiger partial charge in [-0.05, 0) is 32.0 Å². The number of likely N-dealkylation sites (tertiary alicyclic amines) is 1. The number of hydrogen-bond donors (Lipinski definition) is 2. The van der Waals surface area contributed by atoms with Crippen molar-refractivity contribution in [3.05, 3.63) is 30.1 Å². The summed E-state index contributed by atoms with van der Waals surface area (Å²) in [6.45, 7) is 4.54. The predicted molar refractivity (Wildman–Crippen MR) is 78.8 cm³/mol. The topological polar surface area (TPSA) is 78.1 Å². The SMILES string of the molecule is CC(C)N1CC(NC(=O)c2ccc3nc[nH]c3c2)CC1=O. The van der Waals surface area contributed by atoms with Crippen LogP contribution in [-0.2, 0) is 4.79 Å². The molecule has 1 aliphatic rings. The molecule has 1 aromatic heterocycles. The molecule has 2 aromatic rings. The van der Waals surface area contributed by atoms with Gasteiger partial charge in [0.1, 0.15) is 0 Å². The molecule has 0 spiro atoms. The molecule has 0 saturated carbocycles. The van der Waals surface area contributed by atoms with Gasteiger partial charge in [0.2, 0.25) is 5.91 Å². The van der Waals surface area contributed by atoms with Crippen LogP contribution >= 0.6 is 0 Å². The number of rotatable bonds is 3. The lowest BCUT2D eigenvalue weighted by Gasteiger charge is -2.21. The van der Waals surface area contributed by atoms with Crippen molar-refractivity contribution < 1.29 is 9.59 Å². The number of nitrogens with one attached hydrogen (secondary N) is 2. The molecule has 1 fully saturated rings. The third-order valence-electron chi connectivity index (χ3n) is 3.80. The van der Waals surface area contributed by atoms with E-state index in [-0.39, 0.29) is 23.9 Å². The lowest BCUT2D eigenvalue weighted by atomic mass is 10.1. The maximum atomic E-state index is 12.3. The van der Waals surface area contributed by atoms with E-state index in [1.165, 1.54) is 0 Å². The van der Waals surface area contributed by atoms with Gasteiger partial charge in [0, 0.05) is 24.6 Å². The van der Waals surface area contributed by atoms with E-state index in [0.29, 0.717) is 18.5 Å². The first-order valence-corrected chi connectivity index (χ1v) is 7.08. The summed E-state index contributed by atoms with van der Waals surface area (Å²) in [6.07, 6.45) is 1.97. The average molecular weight is 286 g/mol. The monoisotopic (exact) mass is 286 g/mol. The number of hydrogen-bond acceptors (Lipinski definition) is 3. The second-order valence-corrected chi connectivity index (χ2v) is 5.65. The van der Waals surface area contributed by atoms with Crippen molar-refractivity contribution in [2.45, 2.75) is 32.4 Å². The van der Waals surface area contributed by atoms with Crippen LogP contribution in [0.1, 0.15) is 30.6 Å². The molecular formula is C15H18N4O2. The van der Waals surface area contributed by atoms with Crippen molar-refractivity contribution in [1.29, 1.82) is 0 Å². The molecule has 1 atom stereocenters. The summed E-state index contributed by atoms with van der Waals surface area (Å²) in [5, 5.41) is 2.93. The van der Waals surface area contributed by atoms with E-state index in [0.717, 1.165) is 11.0 Å². The Labute approximate surface area is 122 Å². The van der Waals surface area contributed by atoms with Gasteiger partial charge in [0.25, 0.3) is 5.91 Å². The van der Waals surface area contributed by atoms with Crippen LogP contribution in [0, 0.1) is 0 Å². The highest BCUT2D eigenvalue weighted by molar-refractivity contribution is 5.98. The Hall–Kier alpha value is -2.37. The minimum absolute atomic E-state index is 0.0966. The number of aromatic nitrogens is 2. The standard InChI is InChI=1S/C15H18N4O2/c1-9(2)19-7-11(6-14(19)20)18-15(21)10-3-4-12-13(5-10)17-8-16-12/h3-5,8-9,11H,6-7H2,1-2H3,(H,16,17)(H,18,21). The fourth-order valence-corrected chi connectivity index (χ4v) is 2.67. The van der Waals surface area contributed by atoms with Crippen molar-refractivity contribution in [2.75, 3.05) is 6.54 Å². The number of carbonyl (C=O) groups excluding carboxylic acids is 2. The Morgan fingerprint density at radius 3 is 3.00 bits per heavy atom. The highest BCUT2D eigenvalue weighted by atomic mass is 16.2. The Bertz CT molecular complexity index is 692. The fourth-order valence-electron chi connectivity index (χ4n) is 2.67. The summed E-state index contributed by atoms with van der Waals surface area (Å²) in [5.41, 5.74) is 2.23. The summed E-state index contributed by atoms with van der Waals surface area (Å²) in [4.78, 5) is 33.0. The average Bonchev–Trinajstić information content (AvgIpc) is 3.04. The third-order valence-corrected chi connectivity index (χ3v) is 3.80. The highest BCUT2D eigenvalue weighted by Gasteiger charge is 2.32. The number of amides is 2. The molecule has 0 aliphatic carbocycles. The molecule has 2 amide bonds. The second-order valence-electron chi connectivity index (χ2n) is 5.65. The molecule has 2 N–H and O–H groups in total. The van der Waals surface area contributed by atoms with E-state index < -0.39 is 0 Å². The van der Waals surface area contributed by atoms with Gasteiger partial charge in [-0.3, -0.25) is 9.59 Å². The van der Waals surface area contributed by atoms with E-state index in [4.69, 9.17) is 0 Å². The van der Waals surface area contributed by atoms with Crippen LogP contribution in [0.5, 0.6) is 0 Å². The van der Waals surface area contributed by atoms with Crippen LogP contribution in [0.2, 0.25) is 0 Å². The van der Waals surface area contributed by atoms with E-state index >= 15 is 0 Å². The molecule has 3 rings (SSSR count). The first-order valence-electron chi connectivity index (χ1n) is 7.08. The second kappa shape index (κ2) is 5.20. The van der Waals surface area contributed by atoms with E-state index in [1.807, 2.05) is 13.8 Å². The molecule has 1 unspecified atom stereocenters. The molecule has 0 radical (unpaired) electrons. The van der Waals surface area contributed by atoms with Crippen LogP contribution in [0.25, 0.3) is 11.0 Å². The van der Waals surface area contributed by atoms with Crippen molar-refractivity contribution >= 4 is 22.8 Å². The van der Waals surface area contributed by atoms with Crippen LogP contribution in [0.3, 0.4) is 0 Å². The summed E-state index contributed by atoms with van der Waals surface area (Å²) >= 11 is 0. The molecule has 0 bridgehead atoms. The van der Waals surface area contributed by atoms with E-state index in [2.05, 4.69) is 15.3 Å². The number of imidazole rings is 1. The summed E-state index contributed by atoms with van der Waals surface area (Å²) in [5.74, 6) is -0.0609. The van der Waals surface area contributed by atoms with Gasteiger partial charge in [-0.2, -0.15) is 0 Å². The van der Waals surface area contributed by atoms with Gasteiger partial charge in [-0.15, -0.1) is 0 Å². The third kappa shape index (κ3) is 2.61. The summed E-state index contributed by atoms with van der Waals surface area (Å²) in [7, 11) is 0. The molecular weight excluding hydrogens is 268 g/mol. The van der Waals surface area contributed by atoms with Gasteiger partial charge >= 0.3 is 0 Å². The van der Waals surface area contributed by atoms with Crippen LogP contribution < -0.4 is 5.32 Å². The number of nitrogens with zero attached hydrogens (tertiary/aromatic N) is 2. The lowest BCUT2D eigenvalue weighted by molar-refractivity contribution is -0.129.